The van der Waals surface area contributed by atoms with E-state index in [1.807, 2.05) is 0 Å². The predicted octanol–water partition coefficient (Wildman–Crippen LogP) is 5.33. The number of hydrogen-bond donors (Lipinski definition) is 1. The van der Waals surface area contributed by atoms with Gasteiger partial charge >= 0.3 is 0 Å². The molecule has 0 radical (unpaired) electrons. The highest BCUT2D eigenvalue weighted by Gasteiger charge is 2.27. The van der Waals surface area contributed by atoms with Crippen molar-refractivity contribution in [2.24, 2.45) is 11.3 Å². The molecule has 1 saturated carbocycles. The highest BCUT2D eigenvalue weighted by Crippen LogP contribution is 2.36. The van der Waals surface area contributed by atoms with E-state index in [1.165, 1.54) is 50.6 Å². The van der Waals surface area contributed by atoms with E-state index in [2.05, 4.69) is 56.4 Å². The second-order valence-electron chi connectivity index (χ2n) is 7.35. The molecule has 2 rings (SSSR count). The summed E-state index contributed by atoms with van der Waals surface area (Å²) in [6, 6.07) is 11.5. The molecule has 1 atom stereocenters. The van der Waals surface area contributed by atoms with Crippen molar-refractivity contribution in [2.45, 2.75) is 65.3 Å². The van der Waals surface area contributed by atoms with Crippen LogP contribution in [0.1, 0.15) is 70.9 Å². The van der Waals surface area contributed by atoms with Gasteiger partial charge in [0.1, 0.15) is 0 Å². The van der Waals surface area contributed by atoms with Gasteiger partial charge in [0.05, 0.1) is 0 Å². The molecule has 1 aromatic carbocycles. The Bertz CT molecular complexity index is 376. The van der Waals surface area contributed by atoms with E-state index in [4.69, 9.17) is 0 Å². The first-order valence-corrected chi connectivity index (χ1v) is 8.37. The Hall–Kier alpha value is -0.820. The summed E-state index contributed by atoms with van der Waals surface area (Å²) in [6.45, 7) is 8.27. The van der Waals surface area contributed by atoms with E-state index in [-0.39, 0.29) is 0 Å². The van der Waals surface area contributed by atoms with Crippen LogP contribution in [-0.4, -0.2) is 6.54 Å². The molecular formula is C19H31N. The highest BCUT2D eigenvalue weighted by atomic mass is 14.9. The van der Waals surface area contributed by atoms with Crippen molar-refractivity contribution in [1.82, 2.24) is 5.32 Å². The van der Waals surface area contributed by atoms with E-state index in [1.54, 1.807) is 0 Å². The van der Waals surface area contributed by atoms with E-state index in [0.29, 0.717) is 11.5 Å². The minimum atomic E-state index is 0.509. The van der Waals surface area contributed by atoms with Crippen molar-refractivity contribution in [3.63, 3.8) is 0 Å². The van der Waals surface area contributed by atoms with Crippen LogP contribution in [0.5, 0.6) is 0 Å². The van der Waals surface area contributed by atoms with Gasteiger partial charge in [-0.2, -0.15) is 0 Å². The summed E-state index contributed by atoms with van der Waals surface area (Å²) < 4.78 is 0. The van der Waals surface area contributed by atoms with Gasteiger partial charge < -0.3 is 5.32 Å². The van der Waals surface area contributed by atoms with Gasteiger partial charge in [-0.15, -0.1) is 0 Å². The Labute approximate surface area is 125 Å². The maximum atomic E-state index is 3.88. The van der Waals surface area contributed by atoms with E-state index in [0.717, 1.165) is 5.92 Å². The third-order valence-electron chi connectivity index (χ3n) is 4.74. The van der Waals surface area contributed by atoms with Crippen LogP contribution >= 0.6 is 0 Å². The first-order valence-electron chi connectivity index (χ1n) is 8.37. The summed E-state index contributed by atoms with van der Waals surface area (Å²) in [6.07, 6.45) is 8.27. The second kappa shape index (κ2) is 7.26. The molecule has 1 nitrogen and oxygen atoms in total. The summed E-state index contributed by atoms with van der Waals surface area (Å²) >= 11 is 0. The molecule has 0 aromatic heterocycles. The highest BCUT2D eigenvalue weighted by molar-refractivity contribution is 5.19. The van der Waals surface area contributed by atoms with Gasteiger partial charge in [0, 0.05) is 12.6 Å². The molecule has 20 heavy (non-hydrogen) atoms. The van der Waals surface area contributed by atoms with E-state index < -0.39 is 0 Å². The van der Waals surface area contributed by atoms with Crippen LogP contribution in [0.15, 0.2) is 30.3 Å². The fourth-order valence-electron chi connectivity index (χ4n) is 3.45. The van der Waals surface area contributed by atoms with Gasteiger partial charge in [-0.05, 0) is 36.2 Å². The van der Waals surface area contributed by atoms with E-state index in [9.17, 15) is 0 Å². The SMILES string of the molecule is CC(C)CC(NCC1(C)CCCCC1)c1ccccc1. The molecule has 1 N–H and O–H groups in total. The fraction of sp³-hybridized carbons (Fsp3) is 0.684. The van der Waals surface area contributed by atoms with Crippen molar-refractivity contribution in [3.05, 3.63) is 35.9 Å². The Balaban J connectivity index is 1.97. The quantitative estimate of drug-likeness (QED) is 0.738. The van der Waals surface area contributed by atoms with E-state index >= 15 is 0 Å². The Morgan fingerprint density at radius 2 is 1.70 bits per heavy atom. The Morgan fingerprint density at radius 3 is 2.30 bits per heavy atom. The molecule has 1 aliphatic carbocycles. The summed E-state index contributed by atoms with van der Waals surface area (Å²) in [7, 11) is 0. The molecule has 1 aliphatic rings. The molecule has 0 saturated heterocycles. The minimum absolute atomic E-state index is 0.509. The average Bonchev–Trinajstić information content (AvgIpc) is 2.45. The lowest BCUT2D eigenvalue weighted by Gasteiger charge is -2.35. The number of nitrogens with one attached hydrogen (secondary N) is 1. The van der Waals surface area contributed by atoms with Gasteiger partial charge in [0.2, 0.25) is 0 Å². The number of hydrogen-bond acceptors (Lipinski definition) is 1. The Kier molecular flexibility index (Phi) is 5.65. The van der Waals surface area contributed by atoms with Crippen molar-refractivity contribution in [3.8, 4) is 0 Å². The third kappa shape index (κ3) is 4.63. The molecule has 0 heterocycles. The van der Waals surface area contributed by atoms with Crippen LogP contribution in [0.4, 0.5) is 0 Å². The number of rotatable bonds is 6. The molecule has 1 aromatic rings. The molecule has 0 bridgehead atoms. The lowest BCUT2D eigenvalue weighted by atomic mass is 9.75. The third-order valence-corrected chi connectivity index (χ3v) is 4.74. The van der Waals surface area contributed by atoms with Gasteiger partial charge in [0.25, 0.3) is 0 Å². The first-order chi connectivity index (χ1) is 9.59. The zero-order valence-electron chi connectivity index (χ0n) is 13.5. The largest absolute Gasteiger partial charge is 0.309 e. The average molecular weight is 273 g/mol. The lowest BCUT2D eigenvalue weighted by molar-refractivity contribution is 0.196. The van der Waals surface area contributed by atoms with Crippen molar-refractivity contribution < 1.29 is 0 Å². The van der Waals surface area contributed by atoms with Crippen LogP contribution in [-0.2, 0) is 0 Å². The second-order valence-corrected chi connectivity index (χ2v) is 7.35. The van der Waals surface area contributed by atoms with Crippen LogP contribution in [0.25, 0.3) is 0 Å². The standard InChI is InChI=1S/C19H31N/c1-16(2)14-18(17-10-6-4-7-11-17)20-15-19(3)12-8-5-9-13-19/h4,6-7,10-11,16,18,20H,5,8-9,12-15H2,1-3H3. The smallest absolute Gasteiger partial charge is 0.0322 e. The van der Waals surface area contributed by atoms with Gasteiger partial charge in [-0.3, -0.25) is 0 Å². The first kappa shape index (κ1) is 15.6. The summed E-state index contributed by atoms with van der Waals surface area (Å²) in [5, 5.41) is 3.88. The molecule has 112 valence electrons. The van der Waals surface area contributed by atoms with Gasteiger partial charge in [-0.1, -0.05) is 70.4 Å². The molecule has 1 heteroatoms. The number of benzene rings is 1. The fourth-order valence-corrected chi connectivity index (χ4v) is 3.45. The summed E-state index contributed by atoms with van der Waals surface area (Å²) in [5.41, 5.74) is 1.96. The van der Waals surface area contributed by atoms with Gasteiger partial charge in [-0.25, -0.2) is 0 Å². The monoisotopic (exact) mass is 273 g/mol. The van der Waals surface area contributed by atoms with Crippen LogP contribution in [0.2, 0.25) is 0 Å². The van der Waals surface area contributed by atoms with Gasteiger partial charge in [0.15, 0.2) is 0 Å². The molecule has 0 aliphatic heterocycles. The summed E-state index contributed by atoms with van der Waals surface area (Å²) in [5.74, 6) is 0.729. The molecule has 1 fully saturated rings. The molecule has 1 unspecified atom stereocenters. The minimum Gasteiger partial charge on any atom is -0.309 e. The molecular weight excluding hydrogens is 242 g/mol. The van der Waals surface area contributed by atoms with Crippen LogP contribution < -0.4 is 5.32 Å². The predicted molar refractivity (Wildman–Crippen MR) is 87.8 cm³/mol. The van der Waals surface area contributed by atoms with Crippen molar-refractivity contribution >= 4 is 0 Å². The molecule has 0 amide bonds. The van der Waals surface area contributed by atoms with Crippen molar-refractivity contribution in [1.29, 1.82) is 0 Å². The molecule has 0 spiro atoms. The Morgan fingerprint density at radius 1 is 1.05 bits per heavy atom. The van der Waals surface area contributed by atoms with Crippen molar-refractivity contribution in [2.75, 3.05) is 6.54 Å². The normalized spacial score (nSPS) is 20.0. The summed E-state index contributed by atoms with van der Waals surface area (Å²) in [4.78, 5) is 0. The maximum Gasteiger partial charge on any atom is 0.0322 e. The zero-order chi connectivity index (χ0) is 14.4. The van der Waals surface area contributed by atoms with Crippen LogP contribution in [0.3, 0.4) is 0 Å². The lowest BCUT2D eigenvalue weighted by Crippen LogP contribution is -2.36. The topological polar surface area (TPSA) is 12.0 Å². The maximum absolute atomic E-state index is 3.88. The van der Waals surface area contributed by atoms with Crippen LogP contribution in [0, 0.1) is 11.3 Å². The zero-order valence-corrected chi connectivity index (χ0v) is 13.5.